The highest BCUT2D eigenvalue weighted by molar-refractivity contribution is 5.65. The minimum atomic E-state index is -0.555. The van der Waals surface area contributed by atoms with Crippen LogP contribution >= 0.6 is 0 Å². The van der Waals surface area contributed by atoms with E-state index in [4.69, 9.17) is 4.74 Å². The van der Waals surface area contributed by atoms with E-state index in [1.165, 1.54) is 0 Å². The summed E-state index contributed by atoms with van der Waals surface area (Å²) in [5.41, 5.74) is 2.19. The molecular formula is C18H27NO3. The summed E-state index contributed by atoms with van der Waals surface area (Å²) in [5.74, 6) is 0.790. The number of aliphatic hydroxyl groups excluding tert-OH is 1. The molecule has 1 aromatic rings. The molecule has 1 aliphatic carbocycles. The number of hydrogen-bond donors (Lipinski definition) is 2. The number of ether oxygens (including phenoxy) is 1. The third kappa shape index (κ3) is 4.55. The maximum absolute atomic E-state index is 11.2. The number of carbonyl (C=O) groups excluding carboxylic acids is 1. The molecule has 0 aliphatic heterocycles. The van der Waals surface area contributed by atoms with Crippen LogP contribution in [-0.2, 0) is 11.2 Å². The van der Waals surface area contributed by atoms with Crippen molar-refractivity contribution in [2.24, 2.45) is 0 Å². The van der Waals surface area contributed by atoms with Crippen LogP contribution in [0, 0.1) is 0 Å². The molecule has 0 heterocycles. The fourth-order valence-corrected chi connectivity index (χ4v) is 2.80. The number of β-amino-alcohol motifs (C(OH)–C–C–N with tert-alkyl or cyclic N) is 1. The lowest BCUT2D eigenvalue weighted by atomic mass is 9.83. The number of hydrogen-bond acceptors (Lipinski definition) is 4. The van der Waals surface area contributed by atoms with Crippen LogP contribution in [0.25, 0.3) is 0 Å². The first-order chi connectivity index (χ1) is 10.4. The van der Waals surface area contributed by atoms with Crippen LogP contribution in [0.5, 0.6) is 5.75 Å². The van der Waals surface area contributed by atoms with E-state index in [-0.39, 0.29) is 18.1 Å². The normalized spacial score (nSPS) is 19.4. The largest absolute Gasteiger partial charge is 0.491 e. The Kier molecular flexibility index (Phi) is 5.59. The zero-order valence-electron chi connectivity index (χ0n) is 13.8. The second-order valence-electron chi connectivity index (χ2n) is 7.05. The van der Waals surface area contributed by atoms with Crippen molar-refractivity contribution in [1.29, 1.82) is 0 Å². The van der Waals surface area contributed by atoms with E-state index in [9.17, 15) is 9.90 Å². The molecule has 4 nitrogen and oxygen atoms in total. The van der Waals surface area contributed by atoms with E-state index in [2.05, 4.69) is 26.1 Å². The molecule has 4 heteroatoms. The van der Waals surface area contributed by atoms with Crippen molar-refractivity contribution in [1.82, 2.24) is 5.32 Å². The van der Waals surface area contributed by atoms with E-state index in [1.807, 2.05) is 18.2 Å². The number of benzene rings is 1. The van der Waals surface area contributed by atoms with Gasteiger partial charge in [-0.1, -0.05) is 12.1 Å². The second-order valence-corrected chi connectivity index (χ2v) is 7.05. The number of rotatable bonds is 6. The molecule has 0 amide bonds. The van der Waals surface area contributed by atoms with E-state index >= 15 is 0 Å². The Hall–Kier alpha value is -1.39. The molecule has 2 N–H and O–H groups in total. The van der Waals surface area contributed by atoms with Gasteiger partial charge in [0, 0.05) is 18.0 Å². The maximum Gasteiger partial charge on any atom is 0.127 e. The Morgan fingerprint density at radius 1 is 1.45 bits per heavy atom. The zero-order valence-corrected chi connectivity index (χ0v) is 13.8. The average molecular weight is 305 g/mol. The monoisotopic (exact) mass is 305 g/mol. The predicted molar refractivity (Wildman–Crippen MR) is 87.4 cm³/mol. The zero-order chi connectivity index (χ0) is 16.2. The number of carbonyl (C=O) groups is 1. The Bertz CT molecular complexity index is 508. The van der Waals surface area contributed by atoms with Gasteiger partial charge in [0.15, 0.2) is 0 Å². The molecule has 0 saturated heterocycles. The molecule has 0 spiro atoms. The van der Waals surface area contributed by atoms with Gasteiger partial charge in [0.05, 0.1) is 0 Å². The van der Waals surface area contributed by atoms with E-state index in [1.54, 1.807) is 0 Å². The highest BCUT2D eigenvalue weighted by Crippen LogP contribution is 2.35. The van der Waals surface area contributed by atoms with Gasteiger partial charge in [0.1, 0.15) is 24.7 Å². The van der Waals surface area contributed by atoms with Gasteiger partial charge in [-0.25, -0.2) is 0 Å². The first-order valence-corrected chi connectivity index (χ1v) is 8.03. The average Bonchev–Trinajstić information content (AvgIpc) is 2.49. The van der Waals surface area contributed by atoms with Gasteiger partial charge in [-0.15, -0.1) is 0 Å². The summed E-state index contributed by atoms with van der Waals surface area (Å²) in [5, 5.41) is 13.3. The second kappa shape index (κ2) is 7.25. The number of aliphatic hydroxyl groups is 1. The number of fused-ring (bicyclic) bond motifs is 1. The van der Waals surface area contributed by atoms with Crippen LogP contribution in [0.4, 0.5) is 0 Å². The van der Waals surface area contributed by atoms with Gasteiger partial charge in [-0.3, -0.25) is 0 Å². The van der Waals surface area contributed by atoms with Gasteiger partial charge in [-0.2, -0.15) is 0 Å². The van der Waals surface area contributed by atoms with Gasteiger partial charge in [0.2, 0.25) is 0 Å². The standard InChI is InChI=1S/C18H27NO3/c1-18(2,3)19-10-14(21)12-22-17-9-5-7-15-13(11-20)6-4-8-16(15)17/h5,7,9,11,13-14,19,21H,4,6,8,10,12H2,1-3H3. The minimum absolute atomic E-state index is 0.0141. The van der Waals surface area contributed by atoms with E-state index in [0.717, 1.165) is 42.4 Å². The van der Waals surface area contributed by atoms with Crippen LogP contribution in [0.15, 0.2) is 18.2 Å². The molecule has 2 unspecified atom stereocenters. The fraction of sp³-hybridized carbons (Fsp3) is 0.611. The summed E-state index contributed by atoms with van der Waals surface area (Å²) in [6.45, 7) is 6.94. The summed E-state index contributed by atoms with van der Waals surface area (Å²) >= 11 is 0. The summed E-state index contributed by atoms with van der Waals surface area (Å²) in [6.07, 6.45) is 3.33. The summed E-state index contributed by atoms with van der Waals surface area (Å²) in [4.78, 5) is 11.2. The molecule has 2 atom stereocenters. The maximum atomic E-state index is 11.2. The third-order valence-electron chi connectivity index (χ3n) is 3.97. The van der Waals surface area contributed by atoms with Crippen molar-refractivity contribution in [3.8, 4) is 5.75 Å². The lowest BCUT2D eigenvalue weighted by Gasteiger charge is -2.25. The molecular weight excluding hydrogens is 278 g/mol. The van der Waals surface area contributed by atoms with Crippen molar-refractivity contribution in [2.75, 3.05) is 13.2 Å². The minimum Gasteiger partial charge on any atom is -0.491 e. The molecule has 0 bridgehead atoms. The first kappa shape index (κ1) is 17.0. The molecule has 0 radical (unpaired) electrons. The molecule has 0 aromatic heterocycles. The van der Waals surface area contributed by atoms with Crippen LogP contribution < -0.4 is 10.1 Å². The highest BCUT2D eigenvalue weighted by atomic mass is 16.5. The Morgan fingerprint density at radius 3 is 2.91 bits per heavy atom. The van der Waals surface area contributed by atoms with Gasteiger partial charge < -0.3 is 20.0 Å². The highest BCUT2D eigenvalue weighted by Gasteiger charge is 2.22. The van der Waals surface area contributed by atoms with Gasteiger partial charge in [-0.05, 0) is 57.2 Å². The van der Waals surface area contributed by atoms with Crippen LogP contribution in [0.2, 0.25) is 0 Å². The van der Waals surface area contributed by atoms with Crippen molar-refractivity contribution >= 4 is 6.29 Å². The molecule has 22 heavy (non-hydrogen) atoms. The Balaban J connectivity index is 1.97. The van der Waals surface area contributed by atoms with Crippen molar-refractivity contribution in [3.63, 3.8) is 0 Å². The number of aldehydes is 1. The number of nitrogens with one attached hydrogen (secondary N) is 1. The lowest BCUT2D eigenvalue weighted by molar-refractivity contribution is -0.109. The summed E-state index contributed by atoms with van der Waals surface area (Å²) < 4.78 is 5.82. The van der Waals surface area contributed by atoms with Crippen LogP contribution in [-0.4, -0.2) is 36.2 Å². The van der Waals surface area contributed by atoms with Crippen molar-refractivity contribution in [2.45, 2.75) is 57.6 Å². The Labute approximate surface area is 132 Å². The van der Waals surface area contributed by atoms with Crippen molar-refractivity contribution < 1.29 is 14.6 Å². The fourth-order valence-electron chi connectivity index (χ4n) is 2.80. The summed E-state index contributed by atoms with van der Waals surface area (Å²) in [6, 6.07) is 5.86. The van der Waals surface area contributed by atoms with Gasteiger partial charge >= 0.3 is 0 Å². The predicted octanol–water partition coefficient (Wildman–Crippen LogP) is 2.43. The third-order valence-corrected chi connectivity index (χ3v) is 3.97. The molecule has 2 rings (SSSR count). The van der Waals surface area contributed by atoms with Gasteiger partial charge in [0.25, 0.3) is 0 Å². The quantitative estimate of drug-likeness (QED) is 0.793. The van der Waals surface area contributed by atoms with Crippen LogP contribution in [0.3, 0.4) is 0 Å². The molecule has 0 fully saturated rings. The summed E-state index contributed by atoms with van der Waals surface area (Å²) in [7, 11) is 0. The van der Waals surface area contributed by atoms with Crippen molar-refractivity contribution in [3.05, 3.63) is 29.3 Å². The topological polar surface area (TPSA) is 58.6 Å². The van der Waals surface area contributed by atoms with E-state index < -0.39 is 6.10 Å². The SMILES string of the molecule is CC(C)(C)NCC(O)COc1cccc2c1CCCC2C=O. The first-order valence-electron chi connectivity index (χ1n) is 8.03. The molecule has 1 aromatic carbocycles. The van der Waals surface area contributed by atoms with Crippen LogP contribution in [0.1, 0.15) is 50.7 Å². The lowest BCUT2D eigenvalue weighted by Crippen LogP contribution is -2.42. The van der Waals surface area contributed by atoms with E-state index in [0.29, 0.717) is 6.54 Å². The molecule has 1 aliphatic rings. The molecule has 122 valence electrons. The smallest absolute Gasteiger partial charge is 0.127 e. The molecule has 0 saturated carbocycles. The Morgan fingerprint density at radius 2 is 2.23 bits per heavy atom.